The van der Waals surface area contributed by atoms with Crippen molar-refractivity contribution in [2.24, 2.45) is 11.8 Å². The summed E-state index contributed by atoms with van der Waals surface area (Å²) in [4.78, 5) is 4.07. The molecule has 3 atom stereocenters. The number of rotatable bonds is 1. The van der Waals surface area contributed by atoms with Crippen molar-refractivity contribution in [1.82, 2.24) is 4.98 Å². The SMILES string of the molecule is CC1CCC(O)(c2cnccc2N)CC1C. The van der Waals surface area contributed by atoms with E-state index in [1.165, 1.54) is 0 Å². The van der Waals surface area contributed by atoms with Crippen LogP contribution in [-0.4, -0.2) is 10.1 Å². The van der Waals surface area contributed by atoms with E-state index in [1.54, 1.807) is 18.5 Å². The molecule has 0 aromatic carbocycles. The number of hydrogen-bond acceptors (Lipinski definition) is 3. The third-order valence-electron chi connectivity index (χ3n) is 4.00. The Morgan fingerprint density at radius 3 is 2.81 bits per heavy atom. The monoisotopic (exact) mass is 220 g/mol. The molecule has 0 amide bonds. The van der Waals surface area contributed by atoms with Crippen LogP contribution >= 0.6 is 0 Å². The highest BCUT2D eigenvalue weighted by atomic mass is 16.3. The Kier molecular flexibility index (Phi) is 2.89. The second-order valence-electron chi connectivity index (χ2n) is 5.19. The molecule has 16 heavy (non-hydrogen) atoms. The molecule has 2 rings (SSSR count). The van der Waals surface area contributed by atoms with Gasteiger partial charge in [-0.05, 0) is 37.2 Å². The fourth-order valence-corrected chi connectivity index (χ4v) is 2.63. The van der Waals surface area contributed by atoms with Gasteiger partial charge < -0.3 is 10.8 Å². The second kappa shape index (κ2) is 4.06. The number of hydrogen-bond donors (Lipinski definition) is 2. The maximum absolute atomic E-state index is 10.7. The zero-order valence-corrected chi connectivity index (χ0v) is 9.98. The normalized spacial score (nSPS) is 34.9. The minimum atomic E-state index is -0.774. The second-order valence-corrected chi connectivity index (χ2v) is 5.19. The summed E-state index contributed by atoms with van der Waals surface area (Å²) in [7, 11) is 0. The first-order valence-electron chi connectivity index (χ1n) is 5.95. The van der Waals surface area contributed by atoms with Crippen molar-refractivity contribution in [1.29, 1.82) is 0 Å². The number of anilines is 1. The molecule has 1 fully saturated rings. The van der Waals surface area contributed by atoms with E-state index in [1.807, 2.05) is 0 Å². The van der Waals surface area contributed by atoms with Crippen LogP contribution < -0.4 is 5.73 Å². The summed E-state index contributed by atoms with van der Waals surface area (Å²) in [6, 6.07) is 1.76. The summed E-state index contributed by atoms with van der Waals surface area (Å²) in [5.41, 5.74) is 6.60. The lowest BCUT2D eigenvalue weighted by Crippen LogP contribution is -2.36. The Labute approximate surface area is 96.7 Å². The number of aromatic nitrogens is 1. The van der Waals surface area contributed by atoms with Crippen molar-refractivity contribution in [2.45, 2.75) is 38.7 Å². The molecule has 1 heterocycles. The number of nitrogens with two attached hydrogens (primary N) is 1. The Bertz CT molecular complexity index is 380. The van der Waals surface area contributed by atoms with Crippen molar-refractivity contribution in [3.05, 3.63) is 24.0 Å². The zero-order valence-electron chi connectivity index (χ0n) is 9.98. The van der Waals surface area contributed by atoms with Crippen LogP contribution in [0.25, 0.3) is 0 Å². The summed E-state index contributed by atoms with van der Waals surface area (Å²) < 4.78 is 0. The first-order chi connectivity index (χ1) is 7.53. The van der Waals surface area contributed by atoms with Gasteiger partial charge in [-0.1, -0.05) is 13.8 Å². The highest BCUT2D eigenvalue weighted by molar-refractivity contribution is 5.47. The number of aliphatic hydroxyl groups is 1. The van der Waals surface area contributed by atoms with Crippen molar-refractivity contribution >= 4 is 5.69 Å². The molecule has 1 saturated carbocycles. The van der Waals surface area contributed by atoms with Gasteiger partial charge in [-0.25, -0.2) is 0 Å². The maximum atomic E-state index is 10.7. The Morgan fingerprint density at radius 1 is 1.44 bits per heavy atom. The third kappa shape index (κ3) is 1.92. The lowest BCUT2D eigenvalue weighted by Gasteiger charge is -2.39. The predicted octanol–water partition coefficient (Wildman–Crippen LogP) is 2.31. The molecule has 1 aliphatic carbocycles. The molecular formula is C13H20N2O. The van der Waals surface area contributed by atoms with Crippen LogP contribution in [-0.2, 0) is 5.60 Å². The van der Waals surface area contributed by atoms with E-state index in [9.17, 15) is 5.11 Å². The number of nitrogen functional groups attached to an aromatic ring is 1. The molecule has 0 spiro atoms. The summed E-state index contributed by atoms with van der Waals surface area (Å²) in [5.74, 6) is 1.21. The van der Waals surface area contributed by atoms with Gasteiger partial charge >= 0.3 is 0 Å². The van der Waals surface area contributed by atoms with Gasteiger partial charge in [0.25, 0.3) is 0 Å². The minimum Gasteiger partial charge on any atom is -0.398 e. The molecule has 1 aliphatic rings. The van der Waals surface area contributed by atoms with Crippen molar-refractivity contribution in [3.8, 4) is 0 Å². The Balaban J connectivity index is 2.29. The molecule has 3 N–H and O–H groups in total. The average molecular weight is 220 g/mol. The lowest BCUT2D eigenvalue weighted by atomic mass is 9.70. The molecule has 3 nitrogen and oxygen atoms in total. The topological polar surface area (TPSA) is 59.1 Å². The minimum absolute atomic E-state index is 0.526. The fraction of sp³-hybridized carbons (Fsp3) is 0.615. The van der Waals surface area contributed by atoms with Gasteiger partial charge in [-0.2, -0.15) is 0 Å². The number of nitrogens with zero attached hydrogens (tertiary/aromatic N) is 1. The van der Waals surface area contributed by atoms with E-state index in [0.29, 0.717) is 17.5 Å². The summed E-state index contributed by atoms with van der Waals surface area (Å²) >= 11 is 0. The molecule has 3 unspecified atom stereocenters. The van der Waals surface area contributed by atoms with E-state index in [4.69, 9.17) is 5.73 Å². The van der Waals surface area contributed by atoms with Crippen LogP contribution in [0.3, 0.4) is 0 Å². The quantitative estimate of drug-likeness (QED) is 0.763. The molecule has 0 bridgehead atoms. The van der Waals surface area contributed by atoms with Crippen LogP contribution in [0.1, 0.15) is 38.7 Å². The van der Waals surface area contributed by atoms with Gasteiger partial charge in [0.15, 0.2) is 0 Å². The van der Waals surface area contributed by atoms with E-state index in [0.717, 1.165) is 24.8 Å². The summed E-state index contributed by atoms with van der Waals surface area (Å²) in [6.45, 7) is 4.44. The molecular weight excluding hydrogens is 200 g/mol. The maximum Gasteiger partial charge on any atom is 0.0934 e. The van der Waals surface area contributed by atoms with Gasteiger partial charge in [-0.3, -0.25) is 4.98 Å². The molecule has 0 aliphatic heterocycles. The van der Waals surface area contributed by atoms with Crippen LogP contribution in [0.4, 0.5) is 5.69 Å². The molecule has 1 aromatic heterocycles. The zero-order chi connectivity index (χ0) is 11.8. The smallest absolute Gasteiger partial charge is 0.0934 e. The Morgan fingerprint density at radius 2 is 2.19 bits per heavy atom. The highest BCUT2D eigenvalue weighted by Crippen LogP contribution is 2.43. The van der Waals surface area contributed by atoms with E-state index < -0.39 is 5.60 Å². The van der Waals surface area contributed by atoms with Crippen molar-refractivity contribution in [2.75, 3.05) is 5.73 Å². The van der Waals surface area contributed by atoms with Gasteiger partial charge in [0.2, 0.25) is 0 Å². The fourth-order valence-electron chi connectivity index (χ4n) is 2.63. The van der Waals surface area contributed by atoms with E-state index in [-0.39, 0.29) is 0 Å². The summed E-state index contributed by atoms with van der Waals surface area (Å²) in [6.07, 6.45) is 5.99. The molecule has 3 heteroatoms. The third-order valence-corrected chi connectivity index (χ3v) is 4.00. The van der Waals surface area contributed by atoms with Gasteiger partial charge in [-0.15, -0.1) is 0 Å². The first-order valence-corrected chi connectivity index (χ1v) is 5.95. The van der Waals surface area contributed by atoms with Crippen LogP contribution in [0.5, 0.6) is 0 Å². The first kappa shape index (κ1) is 11.4. The van der Waals surface area contributed by atoms with Gasteiger partial charge in [0, 0.05) is 23.6 Å². The average Bonchev–Trinajstić information content (AvgIpc) is 2.25. The highest BCUT2D eigenvalue weighted by Gasteiger charge is 2.38. The van der Waals surface area contributed by atoms with Gasteiger partial charge in [0.05, 0.1) is 5.60 Å². The van der Waals surface area contributed by atoms with Gasteiger partial charge in [0.1, 0.15) is 0 Å². The van der Waals surface area contributed by atoms with E-state index >= 15 is 0 Å². The largest absolute Gasteiger partial charge is 0.398 e. The van der Waals surface area contributed by atoms with Crippen molar-refractivity contribution in [3.63, 3.8) is 0 Å². The van der Waals surface area contributed by atoms with E-state index in [2.05, 4.69) is 18.8 Å². The summed E-state index contributed by atoms with van der Waals surface area (Å²) in [5, 5.41) is 10.7. The lowest BCUT2D eigenvalue weighted by molar-refractivity contribution is -0.0332. The van der Waals surface area contributed by atoms with Crippen LogP contribution in [0.2, 0.25) is 0 Å². The molecule has 0 saturated heterocycles. The van der Waals surface area contributed by atoms with Crippen LogP contribution in [0, 0.1) is 11.8 Å². The predicted molar refractivity (Wildman–Crippen MR) is 64.7 cm³/mol. The Hall–Kier alpha value is -1.09. The molecule has 1 aromatic rings. The standard InChI is InChI=1S/C13H20N2O/c1-9-3-5-13(16,7-10(9)2)11-8-15-6-4-12(11)14/h4,6,8-10,16H,3,5,7H2,1-2H3,(H2,14,15). The molecule has 88 valence electrons. The van der Waals surface area contributed by atoms with Crippen LogP contribution in [0.15, 0.2) is 18.5 Å². The van der Waals surface area contributed by atoms with Crippen molar-refractivity contribution < 1.29 is 5.11 Å². The molecule has 0 radical (unpaired) electrons. The number of pyridine rings is 1.